The van der Waals surface area contributed by atoms with Gasteiger partial charge in [0.25, 0.3) is 5.91 Å². The minimum absolute atomic E-state index is 0.0198. The van der Waals surface area contributed by atoms with E-state index in [1.807, 2.05) is 0 Å². The second-order valence-electron chi connectivity index (χ2n) is 8.13. The van der Waals surface area contributed by atoms with Crippen LogP contribution in [0, 0.1) is 0 Å². The molecule has 2 aromatic rings. The number of carbonyl (C=O) groups excluding carboxylic acids is 2. The van der Waals surface area contributed by atoms with Gasteiger partial charge in [-0.25, -0.2) is 13.3 Å². The Morgan fingerprint density at radius 1 is 0.903 bits per heavy atom. The van der Waals surface area contributed by atoms with E-state index in [2.05, 4.69) is 0 Å². The van der Waals surface area contributed by atoms with Gasteiger partial charge in [-0.05, 0) is 69.3 Å². The highest BCUT2D eigenvalue weighted by molar-refractivity contribution is 7.89. The van der Waals surface area contributed by atoms with Crippen LogP contribution in [0.1, 0.15) is 27.2 Å². The second-order valence-corrected chi connectivity index (χ2v) is 9.95. The van der Waals surface area contributed by atoms with Gasteiger partial charge < -0.3 is 9.47 Å². The van der Waals surface area contributed by atoms with Crippen molar-refractivity contribution in [3.63, 3.8) is 0 Å². The van der Waals surface area contributed by atoms with Crippen LogP contribution in [-0.4, -0.2) is 50.3 Å². The van der Waals surface area contributed by atoms with Crippen LogP contribution in [0.15, 0.2) is 53.4 Å². The molecule has 3 rings (SSSR count). The van der Waals surface area contributed by atoms with E-state index in [4.69, 9.17) is 9.47 Å². The van der Waals surface area contributed by atoms with Gasteiger partial charge in [0.1, 0.15) is 17.5 Å². The first-order valence-electron chi connectivity index (χ1n) is 9.70. The zero-order valence-corrected chi connectivity index (χ0v) is 19.0. The van der Waals surface area contributed by atoms with E-state index in [9.17, 15) is 18.0 Å². The van der Waals surface area contributed by atoms with Crippen LogP contribution in [0.3, 0.4) is 0 Å². The zero-order valence-electron chi connectivity index (χ0n) is 18.2. The van der Waals surface area contributed by atoms with Crippen LogP contribution < -0.4 is 14.4 Å². The maximum absolute atomic E-state index is 13.5. The lowest BCUT2D eigenvalue weighted by Gasteiger charge is -2.37. The van der Waals surface area contributed by atoms with Crippen LogP contribution in [0.25, 0.3) is 0 Å². The highest BCUT2D eigenvalue weighted by Gasteiger charge is 2.50. The Morgan fingerprint density at radius 3 is 1.84 bits per heavy atom. The Kier molecular flexibility index (Phi) is 6.11. The highest BCUT2D eigenvalue weighted by Crippen LogP contribution is 2.35. The van der Waals surface area contributed by atoms with E-state index < -0.39 is 33.4 Å². The third-order valence-corrected chi connectivity index (χ3v) is 7.20. The van der Waals surface area contributed by atoms with Crippen LogP contribution in [0.4, 0.5) is 5.69 Å². The molecule has 0 spiro atoms. The van der Waals surface area contributed by atoms with Crippen LogP contribution in [-0.2, 0) is 19.6 Å². The molecule has 0 bridgehead atoms. The summed E-state index contributed by atoms with van der Waals surface area (Å²) in [6, 6.07) is 11.2. The molecule has 1 unspecified atom stereocenters. The first kappa shape index (κ1) is 22.8. The van der Waals surface area contributed by atoms with Crippen molar-refractivity contribution in [3.8, 4) is 11.5 Å². The van der Waals surface area contributed by atoms with Gasteiger partial charge in [-0.2, -0.15) is 4.31 Å². The SMILES string of the molecule is COc1ccc(N2C(=O)CC(N(C(C)(C)C)S(=O)(=O)c3ccc(OC)cc3)C2=O)cc1. The van der Waals surface area contributed by atoms with Crippen molar-refractivity contribution < 1.29 is 27.5 Å². The van der Waals surface area contributed by atoms with Crippen molar-refractivity contribution in [2.24, 2.45) is 0 Å². The van der Waals surface area contributed by atoms with E-state index in [-0.39, 0.29) is 11.3 Å². The number of hydrogen-bond donors (Lipinski definition) is 0. The van der Waals surface area contributed by atoms with Gasteiger partial charge >= 0.3 is 0 Å². The van der Waals surface area contributed by atoms with Crippen LogP contribution in [0.2, 0.25) is 0 Å². The average Bonchev–Trinajstić information content (AvgIpc) is 3.00. The summed E-state index contributed by atoms with van der Waals surface area (Å²) in [6.07, 6.45) is -0.239. The number of amides is 2. The summed E-state index contributed by atoms with van der Waals surface area (Å²) in [5.74, 6) is 0.0541. The molecule has 8 nitrogen and oxygen atoms in total. The van der Waals surface area contributed by atoms with Gasteiger partial charge in [0, 0.05) is 5.54 Å². The molecule has 9 heteroatoms. The van der Waals surface area contributed by atoms with Crippen LogP contribution >= 0.6 is 0 Å². The molecule has 1 saturated heterocycles. The lowest BCUT2D eigenvalue weighted by atomic mass is 10.1. The molecule has 166 valence electrons. The quantitative estimate of drug-likeness (QED) is 0.634. The smallest absolute Gasteiger partial charge is 0.252 e. The molecule has 2 amide bonds. The zero-order chi connectivity index (χ0) is 23.0. The minimum Gasteiger partial charge on any atom is -0.497 e. The summed E-state index contributed by atoms with van der Waals surface area (Å²) < 4.78 is 38.4. The number of sulfonamides is 1. The molecule has 31 heavy (non-hydrogen) atoms. The van der Waals surface area contributed by atoms with Gasteiger partial charge in [-0.1, -0.05) is 0 Å². The number of benzene rings is 2. The van der Waals surface area contributed by atoms with E-state index in [1.165, 1.54) is 26.4 Å². The topological polar surface area (TPSA) is 93.2 Å². The molecule has 0 saturated carbocycles. The van der Waals surface area contributed by atoms with E-state index in [0.29, 0.717) is 17.2 Å². The minimum atomic E-state index is -4.08. The molecule has 2 aromatic carbocycles. The fourth-order valence-electron chi connectivity index (χ4n) is 3.66. The molecule has 0 N–H and O–H groups in total. The van der Waals surface area contributed by atoms with Gasteiger partial charge in [-0.3, -0.25) is 9.59 Å². The number of methoxy groups -OCH3 is 2. The number of imide groups is 1. The summed E-state index contributed by atoms with van der Waals surface area (Å²) in [5.41, 5.74) is -0.580. The number of hydrogen-bond acceptors (Lipinski definition) is 6. The van der Waals surface area contributed by atoms with E-state index >= 15 is 0 Å². The van der Waals surface area contributed by atoms with Gasteiger partial charge in [0.2, 0.25) is 15.9 Å². The van der Waals surface area contributed by atoms with Crippen molar-refractivity contribution in [2.45, 2.75) is 43.7 Å². The number of anilines is 1. The predicted molar refractivity (Wildman–Crippen MR) is 116 cm³/mol. The second kappa shape index (κ2) is 8.32. The Balaban J connectivity index is 2.01. The standard InChI is InChI=1S/C22H26N2O6S/c1-22(2,3)24(31(27,28)18-12-10-17(30-5)11-13-18)19-14-20(25)23(21(19)26)15-6-8-16(29-4)9-7-15/h6-13,19H,14H2,1-5H3. The summed E-state index contributed by atoms with van der Waals surface area (Å²) in [7, 11) is -1.08. The van der Waals surface area contributed by atoms with Crippen molar-refractivity contribution in [2.75, 3.05) is 19.1 Å². The van der Waals surface area contributed by atoms with Crippen molar-refractivity contribution in [1.82, 2.24) is 4.31 Å². The lowest BCUT2D eigenvalue weighted by Crippen LogP contribution is -2.54. The van der Waals surface area contributed by atoms with E-state index in [0.717, 1.165) is 9.21 Å². The Bertz CT molecular complexity index is 1070. The molecule has 0 radical (unpaired) electrons. The molecule has 1 aliphatic rings. The Hall–Kier alpha value is -2.91. The fourth-order valence-corrected chi connectivity index (χ4v) is 5.59. The van der Waals surface area contributed by atoms with Gasteiger partial charge in [0.05, 0.1) is 31.2 Å². The van der Waals surface area contributed by atoms with Gasteiger partial charge in [0.15, 0.2) is 0 Å². The van der Waals surface area contributed by atoms with Crippen LogP contribution in [0.5, 0.6) is 11.5 Å². The Morgan fingerprint density at radius 2 is 1.39 bits per heavy atom. The third-order valence-electron chi connectivity index (χ3n) is 5.01. The lowest BCUT2D eigenvalue weighted by molar-refractivity contribution is -0.122. The maximum Gasteiger partial charge on any atom is 0.252 e. The van der Waals surface area contributed by atoms with Gasteiger partial charge in [-0.15, -0.1) is 0 Å². The predicted octanol–water partition coefficient (Wildman–Crippen LogP) is 2.83. The molecule has 1 atom stereocenters. The highest BCUT2D eigenvalue weighted by atomic mass is 32.2. The molecule has 1 heterocycles. The maximum atomic E-state index is 13.5. The first-order chi connectivity index (χ1) is 14.5. The van der Waals surface area contributed by atoms with E-state index in [1.54, 1.807) is 57.2 Å². The summed E-state index contributed by atoms with van der Waals surface area (Å²) in [4.78, 5) is 27.1. The average molecular weight is 447 g/mol. The van der Waals surface area contributed by atoms with Crippen molar-refractivity contribution in [3.05, 3.63) is 48.5 Å². The molecule has 1 fully saturated rings. The molecule has 0 aromatic heterocycles. The largest absolute Gasteiger partial charge is 0.497 e. The molecule has 0 aliphatic carbocycles. The summed E-state index contributed by atoms with van der Waals surface area (Å²) >= 11 is 0. The summed E-state index contributed by atoms with van der Waals surface area (Å²) in [5, 5.41) is 0. The molecular weight excluding hydrogens is 420 g/mol. The van der Waals surface area contributed by atoms with Crippen molar-refractivity contribution in [1.29, 1.82) is 0 Å². The first-order valence-corrected chi connectivity index (χ1v) is 11.1. The van der Waals surface area contributed by atoms with Crippen molar-refractivity contribution >= 4 is 27.5 Å². The fraction of sp³-hybridized carbons (Fsp3) is 0.364. The normalized spacial score (nSPS) is 17.4. The number of ether oxygens (including phenoxy) is 2. The Labute approximate surface area is 182 Å². The number of carbonyl (C=O) groups is 2. The molecular formula is C22H26N2O6S. The molecule has 1 aliphatic heterocycles. The monoisotopic (exact) mass is 446 g/mol. The summed E-state index contributed by atoms with van der Waals surface area (Å²) in [6.45, 7) is 5.09. The third kappa shape index (κ3) is 4.28. The number of nitrogens with zero attached hydrogens (tertiary/aromatic N) is 2. The number of rotatable bonds is 6.